The van der Waals surface area contributed by atoms with Crippen LogP contribution >= 0.6 is 0 Å². The highest BCUT2D eigenvalue weighted by atomic mass is 19.1. The quantitative estimate of drug-likeness (QED) is 0.644. The minimum Gasteiger partial charge on any atom is -0.508 e. The second-order valence-electron chi connectivity index (χ2n) is 7.41. The maximum absolute atomic E-state index is 14.2. The average molecular weight is 406 g/mol. The SMILES string of the molecule is CCC(CNc1nc(-c2cc(O)ccc2OC)ncc1F)NC(=O)OC(C)(C)C. The fraction of sp³-hybridized carbons (Fsp3) is 0.450. The number of phenols is 1. The van der Waals surface area contributed by atoms with Gasteiger partial charge in [0, 0.05) is 12.6 Å². The third-order valence-electron chi connectivity index (χ3n) is 3.90. The molecule has 0 fully saturated rings. The molecule has 1 unspecified atom stereocenters. The molecule has 1 amide bonds. The Hall–Kier alpha value is -3.10. The number of amides is 1. The van der Waals surface area contributed by atoms with Gasteiger partial charge in [0.15, 0.2) is 17.5 Å². The molecule has 3 N–H and O–H groups in total. The number of anilines is 1. The Labute approximate surface area is 169 Å². The molecule has 1 aromatic heterocycles. The number of ether oxygens (including phenoxy) is 2. The minimum atomic E-state index is -0.639. The fourth-order valence-electron chi connectivity index (χ4n) is 2.48. The Morgan fingerprint density at radius 2 is 2.07 bits per heavy atom. The molecule has 0 radical (unpaired) electrons. The van der Waals surface area contributed by atoms with Crippen LogP contribution in [0, 0.1) is 5.82 Å². The van der Waals surface area contributed by atoms with Gasteiger partial charge in [-0.1, -0.05) is 6.92 Å². The summed E-state index contributed by atoms with van der Waals surface area (Å²) in [5.41, 5.74) is -0.182. The number of aromatic hydroxyl groups is 1. The van der Waals surface area contributed by atoms with Gasteiger partial charge < -0.3 is 25.2 Å². The molecule has 2 aromatic rings. The molecule has 1 atom stereocenters. The number of halogens is 1. The summed E-state index contributed by atoms with van der Waals surface area (Å²) in [7, 11) is 1.48. The van der Waals surface area contributed by atoms with Gasteiger partial charge in [-0.15, -0.1) is 0 Å². The van der Waals surface area contributed by atoms with E-state index in [1.807, 2.05) is 6.92 Å². The molecule has 0 aliphatic carbocycles. The molecule has 0 aliphatic rings. The second-order valence-corrected chi connectivity index (χ2v) is 7.41. The van der Waals surface area contributed by atoms with Gasteiger partial charge in [0.25, 0.3) is 0 Å². The van der Waals surface area contributed by atoms with Crippen molar-refractivity contribution in [3.8, 4) is 22.9 Å². The average Bonchev–Trinajstić information content (AvgIpc) is 2.64. The number of phenolic OH excluding ortho intramolecular Hbond substituents is 1. The summed E-state index contributed by atoms with van der Waals surface area (Å²) in [6, 6.07) is 4.19. The molecule has 9 heteroatoms. The highest BCUT2D eigenvalue weighted by Crippen LogP contribution is 2.31. The van der Waals surface area contributed by atoms with Crippen molar-refractivity contribution < 1.29 is 23.8 Å². The van der Waals surface area contributed by atoms with Crippen LogP contribution in [0.1, 0.15) is 34.1 Å². The van der Waals surface area contributed by atoms with Crippen molar-refractivity contribution in [3.63, 3.8) is 0 Å². The highest BCUT2D eigenvalue weighted by molar-refractivity contribution is 5.68. The molecule has 0 saturated carbocycles. The normalized spacial score (nSPS) is 12.2. The number of nitrogens with zero attached hydrogens (tertiary/aromatic N) is 2. The lowest BCUT2D eigenvalue weighted by Gasteiger charge is -2.23. The zero-order chi connectivity index (χ0) is 21.6. The zero-order valence-electron chi connectivity index (χ0n) is 17.2. The van der Waals surface area contributed by atoms with Crippen LogP contribution in [-0.2, 0) is 4.74 Å². The lowest BCUT2D eigenvalue weighted by atomic mass is 10.1. The zero-order valence-corrected chi connectivity index (χ0v) is 17.2. The molecule has 0 saturated heterocycles. The summed E-state index contributed by atoms with van der Waals surface area (Å²) in [5, 5.41) is 15.4. The first-order chi connectivity index (χ1) is 13.6. The van der Waals surface area contributed by atoms with Crippen molar-refractivity contribution in [2.24, 2.45) is 0 Å². The molecule has 158 valence electrons. The number of nitrogens with one attached hydrogen (secondary N) is 2. The maximum Gasteiger partial charge on any atom is 0.407 e. The first kappa shape index (κ1) is 22.2. The Morgan fingerprint density at radius 1 is 1.34 bits per heavy atom. The molecule has 2 rings (SSSR count). The number of alkyl carbamates (subject to hydrolysis) is 1. The van der Waals surface area contributed by atoms with Crippen molar-refractivity contribution in [2.45, 2.75) is 45.8 Å². The van der Waals surface area contributed by atoms with Crippen molar-refractivity contribution in [1.29, 1.82) is 0 Å². The van der Waals surface area contributed by atoms with Crippen LogP contribution in [0.4, 0.5) is 15.0 Å². The van der Waals surface area contributed by atoms with E-state index >= 15 is 0 Å². The largest absolute Gasteiger partial charge is 0.508 e. The summed E-state index contributed by atoms with van der Waals surface area (Å²) in [4.78, 5) is 20.1. The monoisotopic (exact) mass is 406 g/mol. The van der Waals surface area contributed by atoms with E-state index in [1.165, 1.54) is 19.2 Å². The molecule has 8 nitrogen and oxygen atoms in total. The van der Waals surface area contributed by atoms with Crippen molar-refractivity contribution >= 4 is 11.9 Å². The van der Waals surface area contributed by atoms with Crippen molar-refractivity contribution in [3.05, 3.63) is 30.2 Å². The summed E-state index contributed by atoms with van der Waals surface area (Å²) in [6.45, 7) is 7.46. The molecule has 0 aliphatic heterocycles. The van der Waals surface area contributed by atoms with Gasteiger partial charge >= 0.3 is 6.09 Å². The van der Waals surface area contributed by atoms with Crippen LogP contribution < -0.4 is 15.4 Å². The van der Waals surface area contributed by atoms with Crippen LogP contribution in [0.25, 0.3) is 11.4 Å². The van der Waals surface area contributed by atoms with Gasteiger partial charge in [0.2, 0.25) is 0 Å². The standard InChI is InChI=1S/C20H27FN4O4/c1-6-12(24-19(27)29-20(2,3)4)10-22-18-15(21)11-23-17(25-18)14-9-13(26)7-8-16(14)28-5/h7-9,11-12,26H,6,10H2,1-5H3,(H,24,27)(H,22,23,25). The van der Waals surface area contributed by atoms with Gasteiger partial charge in [-0.05, 0) is 45.4 Å². The number of aromatic nitrogens is 2. The van der Waals surface area contributed by atoms with E-state index in [2.05, 4.69) is 20.6 Å². The van der Waals surface area contributed by atoms with Crippen LogP contribution in [0.2, 0.25) is 0 Å². The number of benzene rings is 1. The van der Waals surface area contributed by atoms with E-state index < -0.39 is 17.5 Å². The number of carbonyl (C=O) groups excluding carboxylic acids is 1. The summed E-state index contributed by atoms with van der Waals surface area (Å²) >= 11 is 0. The first-order valence-electron chi connectivity index (χ1n) is 9.26. The molecule has 0 bridgehead atoms. The van der Waals surface area contributed by atoms with E-state index in [1.54, 1.807) is 26.8 Å². The Bertz CT molecular complexity index is 855. The van der Waals surface area contributed by atoms with Gasteiger partial charge in [0.1, 0.15) is 17.1 Å². The maximum atomic E-state index is 14.2. The molecule has 1 heterocycles. The molecule has 1 aromatic carbocycles. The Balaban J connectivity index is 2.14. The van der Waals surface area contributed by atoms with E-state index in [4.69, 9.17) is 9.47 Å². The molecular weight excluding hydrogens is 379 g/mol. The summed E-state index contributed by atoms with van der Waals surface area (Å²) < 4.78 is 24.7. The van der Waals surface area contributed by atoms with E-state index in [-0.39, 0.29) is 30.0 Å². The summed E-state index contributed by atoms with van der Waals surface area (Å²) in [5.74, 6) is -0.0196. The van der Waals surface area contributed by atoms with Crippen LogP contribution in [0.15, 0.2) is 24.4 Å². The van der Waals surface area contributed by atoms with E-state index in [0.717, 1.165) is 6.20 Å². The fourth-order valence-corrected chi connectivity index (χ4v) is 2.48. The van der Waals surface area contributed by atoms with Crippen LogP contribution in [-0.4, -0.2) is 46.5 Å². The predicted molar refractivity (Wildman–Crippen MR) is 108 cm³/mol. The topological polar surface area (TPSA) is 106 Å². The second kappa shape index (κ2) is 9.40. The lowest BCUT2D eigenvalue weighted by Crippen LogP contribution is -2.42. The third kappa shape index (κ3) is 6.48. The highest BCUT2D eigenvalue weighted by Gasteiger charge is 2.19. The number of methoxy groups -OCH3 is 1. The number of carbonyl (C=O) groups is 1. The molecule has 0 spiro atoms. The summed E-state index contributed by atoms with van der Waals surface area (Å²) in [6.07, 6.45) is 1.10. The van der Waals surface area contributed by atoms with Crippen LogP contribution in [0.3, 0.4) is 0 Å². The molecule has 29 heavy (non-hydrogen) atoms. The first-order valence-corrected chi connectivity index (χ1v) is 9.26. The number of hydrogen-bond acceptors (Lipinski definition) is 7. The Kier molecular flexibility index (Phi) is 7.19. The Morgan fingerprint density at radius 3 is 2.69 bits per heavy atom. The van der Waals surface area contributed by atoms with Crippen molar-refractivity contribution in [1.82, 2.24) is 15.3 Å². The van der Waals surface area contributed by atoms with Gasteiger partial charge in [-0.25, -0.2) is 19.2 Å². The minimum absolute atomic E-state index is 0.0100. The van der Waals surface area contributed by atoms with Gasteiger partial charge in [-0.2, -0.15) is 0 Å². The lowest BCUT2D eigenvalue weighted by molar-refractivity contribution is 0.0506. The smallest absolute Gasteiger partial charge is 0.407 e. The molecular formula is C20H27FN4O4. The number of rotatable bonds is 7. The number of hydrogen-bond donors (Lipinski definition) is 3. The van der Waals surface area contributed by atoms with Gasteiger partial charge in [-0.3, -0.25) is 0 Å². The van der Waals surface area contributed by atoms with Crippen LogP contribution in [0.5, 0.6) is 11.5 Å². The van der Waals surface area contributed by atoms with Gasteiger partial charge in [0.05, 0.1) is 18.9 Å². The van der Waals surface area contributed by atoms with E-state index in [0.29, 0.717) is 17.7 Å². The predicted octanol–water partition coefficient (Wildman–Crippen LogP) is 3.71. The van der Waals surface area contributed by atoms with E-state index in [9.17, 15) is 14.3 Å². The third-order valence-corrected chi connectivity index (χ3v) is 3.90. The van der Waals surface area contributed by atoms with Crippen molar-refractivity contribution in [2.75, 3.05) is 19.0 Å².